The molecule has 0 bridgehead atoms. The molecule has 3 aromatic carbocycles. The summed E-state index contributed by atoms with van der Waals surface area (Å²) in [6, 6.07) is 17.4. The molecule has 1 atom stereocenters. The van der Waals surface area contributed by atoms with Gasteiger partial charge in [-0.3, -0.25) is 4.79 Å². The van der Waals surface area contributed by atoms with Crippen molar-refractivity contribution in [1.29, 1.82) is 0 Å². The van der Waals surface area contributed by atoms with Crippen LogP contribution in [0.5, 0.6) is 17.2 Å². The number of fused-ring (bicyclic) bond motifs is 1. The maximum Gasteiger partial charge on any atom is 0.251 e. The SMILES string of the molecule is O=C(NC(CO)Cc1ccc(Cl)cc1)c1ccc(Oc2cc3c(cc2Cl)CCCO3)cc1. The van der Waals surface area contributed by atoms with Crippen LogP contribution in [0, 0.1) is 0 Å². The molecular formula is C25H23Cl2NO4. The second kappa shape index (κ2) is 10.3. The molecule has 0 saturated carbocycles. The molecule has 0 saturated heterocycles. The lowest BCUT2D eigenvalue weighted by Gasteiger charge is -2.19. The Labute approximate surface area is 196 Å². The minimum absolute atomic E-state index is 0.172. The summed E-state index contributed by atoms with van der Waals surface area (Å²) in [6.45, 7) is 0.513. The first-order chi connectivity index (χ1) is 15.5. The van der Waals surface area contributed by atoms with Crippen molar-refractivity contribution in [2.75, 3.05) is 13.2 Å². The van der Waals surface area contributed by atoms with Gasteiger partial charge < -0.3 is 19.9 Å². The van der Waals surface area contributed by atoms with Crippen LogP contribution in [-0.2, 0) is 12.8 Å². The Morgan fingerprint density at radius 3 is 2.56 bits per heavy atom. The summed E-state index contributed by atoms with van der Waals surface area (Å²) in [7, 11) is 0. The Bertz CT molecular complexity index is 1080. The van der Waals surface area contributed by atoms with Crippen molar-refractivity contribution in [1.82, 2.24) is 5.32 Å². The number of ether oxygens (including phenoxy) is 2. The molecule has 0 radical (unpaired) electrons. The van der Waals surface area contributed by atoms with E-state index in [4.69, 9.17) is 32.7 Å². The zero-order chi connectivity index (χ0) is 22.5. The van der Waals surface area contributed by atoms with Crippen LogP contribution in [0.3, 0.4) is 0 Å². The zero-order valence-electron chi connectivity index (χ0n) is 17.3. The van der Waals surface area contributed by atoms with Crippen LogP contribution in [0.4, 0.5) is 0 Å². The molecule has 0 fully saturated rings. The first kappa shape index (κ1) is 22.5. The minimum atomic E-state index is -0.408. The van der Waals surface area contributed by atoms with Gasteiger partial charge in [0.15, 0.2) is 0 Å². The summed E-state index contributed by atoms with van der Waals surface area (Å²) in [5.74, 6) is 1.58. The first-order valence-corrected chi connectivity index (χ1v) is 11.2. The van der Waals surface area contributed by atoms with Gasteiger partial charge in [-0.2, -0.15) is 0 Å². The van der Waals surface area contributed by atoms with Crippen LogP contribution in [-0.4, -0.2) is 30.3 Å². The van der Waals surface area contributed by atoms with E-state index >= 15 is 0 Å². The highest BCUT2D eigenvalue weighted by molar-refractivity contribution is 6.32. The highest BCUT2D eigenvalue weighted by Gasteiger charge is 2.16. The van der Waals surface area contributed by atoms with Gasteiger partial charge in [-0.15, -0.1) is 0 Å². The smallest absolute Gasteiger partial charge is 0.251 e. The summed E-state index contributed by atoms with van der Waals surface area (Å²) in [5.41, 5.74) is 2.52. The van der Waals surface area contributed by atoms with Crippen LogP contribution in [0.25, 0.3) is 0 Å². The number of halogens is 2. The fourth-order valence-corrected chi connectivity index (χ4v) is 3.92. The predicted octanol–water partition coefficient (Wildman–Crippen LogP) is 5.44. The second-order valence-corrected chi connectivity index (χ2v) is 8.50. The van der Waals surface area contributed by atoms with Crippen molar-refractivity contribution < 1.29 is 19.4 Å². The molecule has 1 aliphatic heterocycles. The Kier molecular flexibility index (Phi) is 7.20. The number of aliphatic hydroxyl groups excluding tert-OH is 1. The van der Waals surface area contributed by atoms with E-state index in [2.05, 4.69) is 5.32 Å². The normalized spacial score (nSPS) is 13.6. The molecule has 166 valence electrons. The van der Waals surface area contributed by atoms with Crippen molar-refractivity contribution in [3.8, 4) is 17.2 Å². The van der Waals surface area contributed by atoms with Crippen LogP contribution in [0.15, 0.2) is 60.7 Å². The lowest BCUT2D eigenvalue weighted by molar-refractivity contribution is 0.0916. The van der Waals surface area contributed by atoms with E-state index in [0.717, 1.165) is 29.7 Å². The van der Waals surface area contributed by atoms with Crippen molar-refractivity contribution in [2.45, 2.75) is 25.3 Å². The molecule has 3 aromatic rings. The molecule has 2 N–H and O–H groups in total. The van der Waals surface area contributed by atoms with Gasteiger partial charge in [0.2, 0.25) is 0 Å². The molecule has 4 rings (SSSR count). The Hall–Kier alpha value is -2.73. The predicted molar refractivity (Wildman–Crippen MR) is 125 cm³/mol. The zero-order valence-corrected chi connectivity index (χ0v) is 18.8. The van der Waals surface area contributed by atoms with Gasteiger partial charge in [0.05, 0.1) is 24.3 Å². The van der Waals surface area contributed by atoms with Gasteiger partial charge in [-0.25, -0.2) is 0 Å². The fourth-order valence-electron chi connectivity index (χ4n) is 3.56. The number of carbonyl (C=O) groups is 1. The fraction of sp³-hybridized carbons (Fsp3) is 0.240. The highest BCUT2D eigenvalue weighted by Crippen LogP contribution is 2.37. The lowest BCUT2D eigenvalue weighted by Crippen LogP contribution is -2.39. The van der Waals surface area contributed by atoms with Crippen molar-refractivity contribution in [3.05, 3.63) is 87.4 Å². The minimum Gasteiger partial charge on any atom is -0.493 e. The van der Waals surface area contributed by atoms with Crippen molar-refractivity contribution in [2.24, 2.45) is 0 Å². The Balaban J connectivity index is 1.39. The van der Waals surface area contributed by atoms with Gasteiger partial charge in [-0.1, -0.05) is 35.3 Å². The van der Waals surface area contributed by atoms with E-state index in [1.807, 2.05) is 18.2 Å². The van der Waals surface area contributed by atoms with E-state index < -0.39 is 6.04 Å². The Morgan fingerprint density at radius 2 is 1.84 bits per heavy atom. The lowest BCUT2D eigenvalue weighted by atomic mass is 10.1. The van der Waals surface area contributed by atoms with E-state index in [-0.39, 0.29) is 12.5 Å². The molecule has 7 heteroatoms. The molecule has 32 heavy (non-hydrogen) atoms. The molecule has 1 unspecified atom stereocenters. The molecule has 1 amide bonds. The molecule has 1 aliphatic rings. The standard InChI is InChI=1S/C25H23Cl2NO4/c26-19-7-3-16(4-8-19)12-20(15-29)28-25(30)17-5-9-21(10-6-17)32-24-14-23-18(13-22(24)27)2-1-11-31-23/h3-10,13-14,20,29H,1-2,11-12,15H2,(H,28,30). The summed E-state index contributed by atoms with van der Waals surface area (Å²) in [6.07, 6.45) is 2.41. The van der Waals surface area contributed by atoms with Crippen LogP contribution in [0.1, 0.15) is 27.9 Å². The quantitative estimate of drug-likeness (QED) is 0.480. The third-order valence-corrected chi connectivity index (χ3v) is 5.81. The van der Waals surface area contributed by atoms with Crippen molar-refractivity contribution in [3.63, 3.8) is 0 Å². The summed E-state index contributed by atoms with van der Waals surface area (Å²) in [5, 5.41) is 13.7. The topological polar surface area (TPSA) is 67.8 Å². The number of rotatable bonds is 7. The Morgan fingerprint density at radius 1 is 1.09 bits per heavy atom. The summed E-state index contributed by atoms with van der Waals surface area (Å²) < 4.78 is 11.6. The van der Waals surface area contributed by atoms with Crippen LogP contribution in [0.2, 0.25) is 10.0 Å². The number of amides is 1. The average Bonchev–Trinajstić information content (AvgIpc) is 2.81. The number of hydrogen-bond donors (Lipinski definition) is 2. The van der Waals surface area contributed by atoms with Crippen LogP contribution >= 0.6 is 23.2 Å². The van der Waals surface area contributed by atoms with E-state index in [0.29, 0.717) is 40.1 Å². The van der Waals surface area contributed by atoms with E-state index in [9.17, 15) is 9.90 Å². The largest absolute Gasteiger partial charge is 0.493 e. The number of carbonyl (C=O) groups excluding carboxylic acids is 1. The summed E-state index contributed by atoms with van der Waals surface area (Å²) in [4.78, 5) is 12.6. The number of aryl methyl sites for hydroxylation is 1. The second-order valence-electron chi connectivity index (χ2n) is 7.65. The monoisotopic (exact) mass is 471 g/mol. The van der Waals surface area contributed by atoms with Gasteiger partial charge in [0.25, 0.3) is 5.91 Å². The van der Waals surface area contributed by atoms with Gasteiger partial charge in [-0.05, 0) is 72.9 Å². The van der Waals surface area contributed by atoms with Gasteiger partial charge >= 0.3 is 0 Å². The molecule has 0 aliphatic carbocycles. The maximum absolute atomic E-state index is 12.6. The summed E-state index contributed by atoms with van der Waals surface area (Å²) >= 11 is 12.3. The highest BCUT2D eigenvalue weighted by atomic mass is 35.5. The first-order valence-electron chi connectivity index (χ1n) is 10.4. The van der Waals surface area contributed by atoms with Gasteiger partial charge in [0.1, 0.15) is 17.2 Å². The molecular weight excluding hydrogens is 449 g/mol. The third-order valence-electron chi connectivity index (χ3n) is 5.26. The molecule has 0 aromatic heterocycles. The molecule has 0 spiro atoms. The van der Waals surface area contributed by atoms with Crippen molar-refractivity contribution >= 4 is 29.1 Å². The average molecular weight is 472 g/mol. The van der Waals surface area contributed by atoms with E-state index in [1.165, 1.54) is 0 Å². The van der Waals surface area contributed by atoms with Crippen LogP contribution < -0.4 is 14.8 Å². The number of aliphatic hydroxyl groups is 1. The van der Waals surface area contributed by atoms with Gasteiger partial charge in [0, 0.05) is 16.7 Å². The number of benzene rings is 3. The number of nitrogens with one attached hydrogen (secondary N) is 1. The molecule has 5 nitrogen and oxygen atoms in total. The molecule has 1 heterocycles. The number of hydrogen-bond acceptors (Lipinski definition) is 4. The third kappa shape index (κ3) is 5.54. The maximum atomic E-state index is 12.6. The van der Waals surface area contributed by atoms with E-state index in [1.54, 1.807) is 42.5 Å².